The second-order valence-electron chi connectivity index (χ2n) is 10.2. The van der Waals surface area contributed by atoms with E-state index < -0.39 is 5.60 Å². The summed E-state index contributed by atoms with van der Waals surface area (Å²) < 4.78 is 2.38. The molecule has 2 fully saturated rings. The molecular formula is C26H36N2O2. The summed E-state index contributed by atoms with van der Waals surface area (Å²) >= 11 is 0. The van der Waals surface area contributed by atoms with E-state index in [1.54, 1.807) is 0 Å². The van der Waals surface area contributed by atoms with Gasteiger partial charge in [-0.25, -0.2) is 0 Å². The van der Waals surface area contributed by atoms with Gasteiger partial charge in [0.2, 0.25) is 0 Å². The molecule has 2 heterocycles. The molecule has 1 aromatic carbocycles. The Hall–Kier alpha value is -1.65. The molecule has 2 unspecified atom stereocenters. The van der Waals surface area contributed by atoms with E-state index in [0.29, 0.717) is 30.5 Å². The molecule has 1 aromatic heterocycles. The molecule has 1 saturated carbocycles. The van der Waals surface area contributed by atoms with Crippen LogP contribution in [0.3, 0.4) is 0 Å². The fourth-order valence-corrected chi connectivity index (χ4v) is 6.51. The molecule has 4 heteroatoms. The Balaban J connectivity index is 1.56. The van der Waals surface area contributed by atoms with E-state index in [2.05, 4.69) is 55.6 Å². The number of hydrogen-bond acceptors (Lipinski definition) is 3. The van der Waals surface area contributed by atoms with Crippen LogP contribution in [0.2, 0.25) is 0 Å². The van der Waals surface area contributed by atoms with Crippen LogP contribution in [0.4, 0.5) is 0 Å². The quantitative estimate of drug-likeness (QED) is 0.765. The van der Waals surface area contributed by atoms with Gasteiger partial charge in [-0.2, -0.15) is 0 Å². The number of benzene rings is 1. The van der Waals surface area contributed by atoms with Gasteiger partial charge in [-0.1, -0.05) is 38.8 Å². The fraction of sp³-hybridized carbons (Fsp3) is 0.654. The third-order valence-corrected chi connectivity index (χ3v) is 8.45. The van der Waals surface area contributed by atoms with Crippen LogP contribution in [-0.4, -0.2) is 40.0 Å². The largest absolute Gasteiger partial charge is 0.383 e. The Morgan fingerprint density at radius 3 is 2.63 bits per heavy atom. The lowest BCUT2D eigenvalue weighted by Gasteiger charge is -2.51. The number of aliphatic hydroxyl groups is 1. The number of aromatic nitrogens is 1. The van der Waals surface area contributed by atoms with Crippen LogP contribution < -0.4 is 0 Å². The van der Waals surface area contributed by atoms with E-state index in [4.69, 9.17) is 0 Å². The number of fused-ring (bicyclic) bond motifs is 2. The van der Waals surface area contributed by atoms with Crippen molar-refractivity contribution in [3.8, 4) is 0 Å². The summed E-state index contributed by atoms with van der Waals surface area (Å²) in [6.45, 7) is 5.12. The maximum atomic E-state index is 13.2. The second kappa shape index (κ2) is 7.20. The average molecular weight is 409 g/mol. The minimum absolute atomic E-state index is 0.0488. The van der Waals surface area contributed by atoms with Gasteiger partial charge in [0.05, 0.1) is 0 Å². The zero-order valence-electron chi connectivity index (χ0n) is 18.9. The smallest absolute Gasteiger partial charge is 0.137 e. The summed E-state index contributed by atoms with van der Waals surface area (Å²) in [7, 11) is 4.30. The lowest BCUT2D eigenvalue weighted by atomic mass is 9.67. The summed E-state index contributed by atoms with van der Waals surface area (Å²) in [6.07, 6.45) is 6.77. The Kier molecular flexibility index (Phi) is 4.86. The third-order valence-electron chi connectivity index (χ3n) is 8.45. The normalized spacial score (nSPS) is 28.9. The molecule has 3 aliphatic rings. The highest BCUT2D eigenvalue weighted by Gasteiger charge is 2.52. The highest BCUT2D eigenvalue weighted by molar-refractivity contribution is 5.91. The van der Waals surface area contributed by atoms with Crippen molar-refractivity contribution in [1.29, 1.82) is 0 Å². The monoisotopic (exact) mass is 408 g/mol. The number of aryl methyl sites for hydroxylation is 1. The minimum atomic E-state index is -0.948. The van der Waals surface area contributed by atoms with Crippen LogP contribution in [0.1, 0.15) is 75.1 Å². The van der Waals surface area contributed by atoms with Gasteiger partial charge in [-0.3, -0.25) is 9.69 Å². The predicted octanol–water partition coefficient (Wildman–Crippen LogP) is 4.52. The molecule has 4 nitrogen and oxygen atoms in total. The maximum absolute atomic E-state index is 13.2. The highest BCUT2D eigenvalue weighted by Crippen LogP contribution is 2.52. The van der Waals surface area contributed by atoms with Crippen molar-refractivity contribution in [3.63, 3.8) is 0 Å². The van der Waals surface area contributed by atoms with Crippen LogP contribution in [0.15, 0.2) is 18.2 Å². The van der Waals surface area contributed by atoms with Gasteiger partial charge in [-0.05, 0) is 61.8 Å². The molecule has 0 radical (unpaired) electrons. The predicted molar refractivity (Wildman–Crippen MR) is 121 cm³/mol. The lowest BCUT2D eigenvalue weighted by Crippen LogP contribution is -2.59. The van der Waals surface area contributed by atoms with Gasteiger partial charge in [0.15, 0.2) is 0 Å². The van der Waals surface area contributed by atoms with Crippen molar-refractivity contribution in [2.75, 3.05) is 13.6 Å². The molecule has 2 aliphatic carbocycles. The van der Waals surface area contributed by atoms with Crippen molar-refractivity contribution in [1.82, 2.24) is 9.47 Å². The van der Waals surface area contributed by atoms with Gasteiger partial charge >= 0.3 is 0 Å². The average Bonchev–Trinajstić information content (AvgIpc) is 3.53. The van der Waals surface area contributed by atoms with Crippen molar-refractivity contribution < 1.29 is 9.90 Å². The lowest BCUT2D eigenvalue weighted by molar-refractivity contribution is -0.139. The van der Waals surface area contributed by atoms with Crippen molar-refractivity contribution >= 4 is 16.7 Å². The number of nitrogens with zero attached hydrogens (tertiary/aromatic N) is 2. The van der Waals surface area contributed by atoms with Gasteiger partial charge in [0.25, 0.3) is 0 Å². The highest BCUT2D eigenvalue weighted by atomic mass is 16.3. The van der Waals surface area contributed by atoms with E-state index in [9.17, 15) is 9.90 Å². The first-order valence-electron chi connectivity index (χ1n) is 11.9. The molecule has 3 atom stereocenters. The van der Waals surface area contributed by atoms with Crippen molar-refractivity contribution in [2.45, 2.75) is 76.4 Å². The molecule has 1 aliphatic heterocycles. The molecule has 0 bridgehead atoms. The maximum Gasteiger partial charge on any atom is 0.137 e. The van der Waals surface area contributed by atoms with E-state index in [-0.39, 0.29) is 12.0 Å². The fourth-order valence-electron chi connectivity index (χ4n) is 6.51. The van der Waals surface area contributed by atoms with Crippen molar-refractivity contribution in [2.24, 2.45) is 18.9 Å². The van der Waals surface area contributed by atoms with E-state index in [1.807, 2.05) is 0 Å². The summed E-state index contributed by atoms with van der Waals surface area (Å²) in [4.78, 5) is 15.5. The van der Waals surface area contributed by atoms with Gasteiger partial charge in [0.1, 0.15) is 11.4 Å². The number of piperidine rings is 1. The Morgan fingerprint density at radius 2 is 1.97 bits per heavy atom. The first-order valence-corrected chi connectivity index (χ1v) is 11.9. The summed E-state index contributed by atoms with van der Waals surface area (Å²) in [6, 6.07) is 6.46. The summed E-state index contributed by atoms with van der Waals surface area (Å²) in [5.74, 6) is 1.40. The van der Waals surface area contributed by atoms with Crippen LogP contribution in [0.5, 0.6) is 0 Å². The number of Topliss-reactive ketones (excluding diaryl/α,β-unsaturated/α-hetero) is 1. The topological polar surface area (TPSA) is 45.5 Å². The number of carbonyl (C=O) groups is 1. The standard InChI is InChI=1S/C26H36N2O2/c1-5-16(6-2)12-22(29)18-14-26(30)20-8-7-9-21-24(20)19(13-23(26)27(3)15-18)25(28(21)4)17-10-11-17/h7-9,16-18,23,30H,5-6,10-15H2,1-4H3/t18?,23-,26?/m1/s1. The Morgan fingerprint density at radius 1 is 1.23 bits per heavy atom. The molecule has 30 heavy (non-hydrogen) atoms. The number of likely N-dealkylation sites (tertiary alicyclic amines) is 1. The van der Waals surface area contributed by atoms with Gasteiger partial charge in [0, 0.05) is 48.6 Å². The zero-order chi connectivity index (χ0) is 21.2. The third kappa shape index (κ3) is 2.90. The molecule has 0 spiro atoms. The molecule has 1 N–H and O–H groups in total. The molecule has 2 aromatic rings. The van der Waals surface area contributed by atoms with Crippen molar-refractivity contribution in [3.05, 3.63) is 35.0 Å². The summed E-state index contributed by atoms with van der Waals surface area (Å²) in [5, 5.41) is 13.4. The Bertz CT molecular complexity index is 985. The first kappa shape index (κ1) is 20.3. The number of carbonyl (C=O) groups excluding carboxylic acids is 1. The number of rotatable bonds is 6. The SMILES string of the molecule is CCC(CC)CC(=O)C1CN(C)[C@@H]2Cc3c(C4CC4)n(C)c4cccc(c34)C2(O)C1. The molecule has 5 rings (SSSR count). The van der Waals surface area contributed by atoms with Crippen LogP contribution in [0, 0.1) is 11.8 Å². The van der Waals surface area contributed by atoms with E-state index in [1.165, 1.54) is 35.0 Å². The summed E-state index contributed by atoms with van der Waals surface area (Å²) in [5.41, 5.74) is 4.29. The van der Waals surface area contributed by atoms with E-state index >= 15 is 0 Å². The Labute approximate surface area is 180 Å². The minimum Gasteiger partial charge on any atom is -0.383 e. The molecular weight excluding hydrogens is 372 g/mol. The van der Waals surface area contributed by atoms with Crippen LogP contribution in [0.25, 0.3) is 10.9 Å². The first-order chi connectivity index (χ1) is 14.4. The number of likely N-dealkylation sites (N-methyl/N-ethyl adjacent to an activating group) is 1. The second-order valence-corrected chi connectivity index (χ2v) is 10.2. The van der Waals surface area contributed by atoms with E-state index in [0.717, 1.165) is 31.4 Å². The van der Waals surface area contributed by atoms with Crippen LogP contribution >= 0.6 is 0 Å². The molecule has 162 valence electrons. The van der Waals surface area contributed by atoms with Gasteiger partial charge < -0.3 is 9.67 Å². The number of ketones is 1. The zero-order valence-corrected chi connectivity index (χ0v) is 18.9. The van der Waals surface area contributed by atoms with Crippen LogP contribution in [-0.2, 0) is 23.9 Å². The van der Waals surface area contributed by atoms with Gasteiger partial charge in [-0.15, -0.1) is 0 Å². The number of hydrogen-bond donors (Lipinski definition) is 1. The molecule has 1 saturated heterocycles. The molecule has 0 amide bonds.